The van der Waals surface area contributed by atoms with Crippen LogP contribution in [0.5, 0.6) is 0 Å². The van der Waals surface area contributed by atoms with Crippen molar-refractivity contribution in [2.45, 2.75) is 70.4 Å². The van der Waals surface area contributed by atoms with Crippen molar-refractivity contribution in [1.82, 2.24) is 4.90 Å². The molecule has 1 aliphatic carbocycles. The summed E-state index contributed by atoms with van der Waals surface area (Å²) in [5, 5.41) is 0. The molecule has 32 heavy (non-hydrogen) atoms. The van der Waals surface area contributed by atoms with Crippen LogP contribution in [0.4, 0.5) is 0 Å². The summed E-state index contributed by atoms with van der Waals surface area (Å²) in [6.45, 7) is 6.07. The molecule has 0 radical (unpaired) electrons. The van der Waals surface area contributed by atoms with Crippen LogP contribution in [-0.4, -0.2) is 47.4 Å². The summed E-state index contributed by atoms with van der Waals surface area (Å²) in [7, 11) is 0. The first-order valence-corrected chi connectivity index (χ1v) is 11.6. The summed E-state index contributed by atoms with van der Waals surface area (Å²) in [6, 6.07) is 6.83. The van der Waals surface area contributed by atoms with E-state index in [2.05, 4.69) is 13.8 Å². The molecule has 8 heteroatoms. The molecule has 2 amide bonds. The summed E-state index contributed by atoms with van der Waals surface area (Å²) in [5.74, 6) is -0.686. The topological polar surface area (TPSA) is 83.5 Å². The van der Waals surface area contributed by atoms with Crippen LogP contribution in [0.25, 0.3) is 0 Å². The first-order valence-electron chi connectivity index (χ1n) is 11.6. The second kappa shape index (κ2) is 7.08. The number of imide groups is 1. The Morgan fingerprint density at radius 3 is 2.47 bits per heavy atom. The second-order valence-corrected chi connectivity index (χ2v) is 10.2. The summed E-state index contributed by atoms with van der Waals surface area (Å²) < 4.78 is 18.8. The lowest BCUT2D eigenvalue weighted by Gasteiger charge is -2.60. The largest absolute Gasteiger partial charge is 0.331 e. The number of carbonyl (C=O) groups is 2. The lowest BCUT2D eigenvalue weighted by molar-refractivity contribution is -0.577. The van der Waals surface area contributed by atoms with Crippen molar-refractivity contribution in [2.24, 2.45) is 23.7 Å². The van der Waals surface area contributed by atoms with Gasteiger partial charge in [-0.1, -0.05) is 26.0 Å². The van der Waals surface area contributed by atoms with E-state index in [1.54, 1.807) is 24.3 Å². The smallest absolute Gasteiger partial charge is 0.263 e. The highest BCUT2D eigenvalue weighted by Gasteiger charge is 2.69. The predicted molar refractivity (Wildman–Crippen MR) is 110 cm³/mol. The minimum Gasteiger partial charge on any atom is -0.331 e. The molecule has 1 aromatic rings. The Balaban J connectivity index is 1.25. The Labute approximate surface area is 187 Å². The number of benzene rings is 1. The van der Waals surface area contributed by atoms with Crippen LogP contribution in [0.15, 0.2) is 24.3 Å². The Morgan fingerprint density at radius 2 is 1.75 bits per heavy atom. The second-order valence-electron chi connectivity index (χ2n) is 10.2. The van der Waals surface area contributed by atoms with Crippen molar-refractivity contribution >= 4 is 11.8 Å². The summed E-state index contributed by atoms with van der Waals surface area (Å²) in [4.78, 5) is 38.5. The number of rotatable bonds is 3. The van der Waals surface area contributed by atoms with Gasteiger partial charge in [-0.25, -0.2) is 14.7 Å². The first kappa shape index (κ1) is 20.7. The fourth-order valence-electron chi connectivity index (χ4n) is 6.57. The van der Waals surface area contributed by atoms with E-state index >= 15 is 0 Å². The van der Waals surface area contributed by atoms with Crippen LogP contribution >= 0.6 is 0 Å². The standard InChI is InChI=1S/C24H29NO7/c1-13-8-9-18-14(2)21(28-12-25-19(26)15-6-4-5-7-16(15)20(25)27)29-22-24(18)17(13)10-11-23(3,30-22)31-32-24/h4-7,13-14,17-18,21-22H,8-12H2,1-3H3/t13-,14-,17+,18+,21-,22-,23-,24-/m1/s1. The van der Waals surface area contributed by atoms with Crippen molar-refractivity contribution in [3.05, 3.63) is 35.4 Å². The average molecular weight is 443 g/mol. The third-order valence-electron chi connectivity index (χ3n) is 8.34. The lowest BCUT2D eigenvalue weighted by Crippen LogP contribution is -2.70. The van der Waals surface area contributed by atoms with Gasteiger partial charge in [0, 0.05) is 18.3 Å². The fourth-order valence-corrected chi connectivity index (χ4v) is 6.57. The normalized spacial score (nSPS) is 44.9. The highest BCUT2D eigenvalue weighted by Crippen LogP contribution is 2.60. The maximum atomic E-state index is 12.7. The predicted octanol–water partition coefficient (Wildman–Crippen LogP) is 3.46. The Kier molecular flexibility index (Phi) is 4.59. The molecule has 1 saturated carbocycles. The average Bonchev–Trinajstić information content (AvgIpc) is 2.90. The van der Waals surface area contributed by atoms with Gasteiger partial charge in [-0.15, -0.1) is 0 Å². The molecule has 8 nitrogen and oxygen atoms in total. The van der Waals surface area contributed by atoms with Crippen molar-refractivity contribution in [1.29, 1.82) is 0 Å². The molecule has 172 valence electrons. The van der Waals surface area contributed by atoms with Gasteiger partial charge in [0.25, 0.3) is 11.8 Å². The monoisotopic (exact) mass is 443 g/mol. The van der Waals surface area contributed by atoms with Gasteiger partial charge in [-0.05, 0) is 50.2 Å². The zero-order valence-electron chi connectivity index (χ0n) is 18.6. The van der Waals surface area contributed by atoms with Crippen molar-refractivity contribution in [3.8, 4) is 0 Å². The molecular formula is C24H29NO7. The minimum absolute atomic E-state index is 0.0221. The molecule has 1 spiro atoms. The molecule has 0 unspecified atom stereocenters. The quantitative estimate of drug-likeness (QED) is 0.523. The van der Waals surface area contributed by atoms with E-state index in [9.17, 15) is 9.59 Å². The summed E-state index contributed by atoms with van der Waals surface area (Å²) in [6.07, 6.45) is 2.51. The van der Waals surface area contributed by atoms with Gasteiger partial charge in [0.2, 0.25) is 5.79 Å². The third kappa shape index (κ3) is 2.73. The van der Waals surface area contributed by atoms with Gasteiger partial charge in [0.15, 0.2) is 18.2 Å². The van der Waals surface area contributed by atoms with Crippen LogP contribution in [0.1, 0.15) is 67.2 Å². The van der Waals surface area contributed by atoms with E-state index in [0.717, 1.165) is 30.6 Å². The Hall–Kier alpha value is -1.84. The Morgan fingerprint density at radius 1 is 1.03 bits per heavy atom. The zero-order valence-corrected chi connectivity index (χ0v) is 18.6. The molecule has 1 aromatic carbocycles. The van der Waals surface area contributed by atoms with Gasteiger partial charge < -0.3 is 14.2 Å². The van der Waals surface area contributed by atoms with Gasteiger partial charge in [0.1, 0.15) is 6.73 Å². The van der Waals surface area contributed by atoms with Crippen LogP contribution in [0, 0.1) is 23.7 Å². The molecule has 5 aliphatic heterocycles. The molecular weight excluding hydrogens is 414 g/mol. The Bertz CT molecular complexity index is 932. The van der Waals surface area contributed by atoms with Crippen LogP contribution < -0.4 is 0 Å². The summed E-state index contributed by atoms with van der Waals surface area (Å²) >= 11 is 0. The fraction of sp³-hybridized carbons (Fsp3) is 0.667. The van der Waals surface area contributed by atoms with E-state index in [0.29, 0.717) is 17.0 Å². The molecule has 0 aromatic heterocycles. The van der Waals surface area contributed by atoms with E-state index in [1.165, 1.54) is 0 Å². The highest BCUT2D eigenvalue weighted by molar-refractivity contribution is 6.21. The minimum atomic E-state index is -0.856. The van der Waals surface area contributed by atoms with Crippen LogP contribution in [-0.2, 0) is 24.0 Å². The van der Waals surface area contributed by atoms with Gasteiger partial charge >= 0.3 is 0 Å². The molecule has 4 saturated heterocycles. The number of carbonyl (C=O) groups excluding carboxylic acids is 2. The summed E-state index contributed by atoms with van der Waals surface area (Å²) in [5.41, 5.74) is 0.150. The molecule has 5 fully saturated rings. The molecule has 7 rings (SSSR count). The SMILES string of the molecule is C[C@H]1[C@H](OCN2C(=O)c3ccccc3C2=O)O[C@@H]2O[C@@]3(C)CC[C@H]4[C@H](C)CC[C@@H]1[C@@]24OO3. The maximum Gasteiger partial charge on any atom is 0.263 e. The van der Waals surface area contributed by atoms with E-state index in [1.807, 2.05) is 6.92 Å². The van der Waals surface area contributed by atoms with Crippen molar-refractivity contribution in [3.63, 3.8) is 0 Å². The van der Waals surface area contributed by atoms with Crippen molar-refractivity contribution < 1.29 is 33.6 Å². The van der Waals surface area contributed by atoms with Gasteiger partial charge in [-0.3, -0.25) is 9.59 Å². The third-order valence-corrected chi connectivity index (χ3v) is 8.34. The number of ether oxygens (including phenoxy) is 3. The highest BCUT2D eigenvalue weighted by atomic mass is 17.3. The molecule has 0 N–H and O–H groups in total. The van der Waals surface area contributed by atoms with Crippen molar-refractivity contribution in [2.75, 3.05) is 6.73 Å². The molecule has 5 heterocycles. The zero-order chi connectivity index (χ0) is 22.3. The molecule has 2 bridgehead atoms. The van der Waals surface area contributed by atoms with Gasteiger partial charge in [-0.2, -0.15) is 0 Å². The number of hydrogen-bond donors (Lipinski definition) is 0. The molecule has 6 aliphatic rings. The number of fused-ring (bicyclic) bond motifs is 3. The van der Waals surface area contributed by atoms with Crippen LogP contribution in [0.2, 0.25) is 0 Å². The van der Waals surface area contributed by atoms with E-state index in [4.69, 9.17) is 24.0 Å². The number of amides is 2. The number of hydrogen-bond acceptors (Lipinski definition) is 7. The lowest BCUT2D eigenvalue weighted by atomic mass is 9.58. The van der Waals surface area contributed by atoms with Crippen LogP contribution in [0.3, 0.4) is 0 Å². The van der Waals surface area contributed by atoms with Gasteiger partial charge in [0.05, 0.1) is 11.1 Å². The number of nitrogens with zero attached hydrogens (tertiary/aromatic N) is 1. The maximum absolute atomic E-state index is 12.7. The van der Waals surface area contributed by atoms with E-state index in [-0.39, 0.29) is 36.3 Å². The first-order chi connectivity index (χ1) is 15.3. The van der Waals surface area contributed by atoms with E-state index < -0.39 is 24.0 Å². The molecule has 8 atom stereocenters.